The number of halogens is 1. The summed E-state index contributed by atoms with van der Waals surface area (Å²) in [6.07, 6.45) is 2.20. The van der Waals surface area contributed by atoms with Gasteiger partial charge in [-0.3, -0.25) is 9.59 Å². The third-order valence-corrected chi connectivity index (χ3v) is 6.13. The SMILES string of the molecule is O=C(Nc1ccccc1)C1CCCN(C(=O)CCSc2ccc(Br)cc2)C1. The van der Waals surface area contributed by atoms with Gasteiger partial charge < -0.3 is 10.2 Å². The molecule has 2 aromatic rings. The van der Waals surface area contributed by atoms with Gasteiger partial charge in [0.15, 0.2) is 0 Å². The summed E-state index contributed by atoms with van der Waals surface area (Å²) in [6, 6.07) is 17.6. The highest BCUT2D eigenvalue weighted by Crippen LogP contribution is 2.23. The number of likely N-dealkylation sites (tertiary alicyclic amines) is 1. The van der Waals surface area contributed by atoms with Crippen molar-refractivity contribution in [2.45, 2.75) is 24.2 Å². The van der Waals surface area contributed by atoms with Crippen LogP contribution in [0, 0.1) is 5.92 Å². The van der Waals surface area contributed by atoms with Crippen LogP contribution in [0.5, 0.6) is 0 Å². The number of para-hydroxylation sites is 1. The molecule has 0 aromatic heterocycles. The van der Waals surface area contributed by atoms with Gasteiger partial charge in [-0.15, -0.1) is 11.8 Å². The van der Waals surface area contributed by atoms with Crippen LogP contribution in [0.4, 0.5) is 5.69 Å². The second kappa shape index (κ2) is 9.95. The lowest BCUT2D eigenvalue weighted by atomic mass is 9.96. The Hall–Kier alpha value is -1.79. The highest BCUT2D eigenvalue weighted by molar-refractivity contribution is 9.10. The molecule has 1 unspecified atom stereocenters. The van der Waals surface area contributed by atoms with Crippen LogP contribution in [0.2, 0.25) is 0 Å². The molecule has 1 N–H and O–H groups in total. The quantitative estimate of drug-likeness (QED) is 0.647. The summed E-state index contributed by atoms with van der Waals surface area (Å²) in [7, 11) is 0. The minimum atomic E-state index is -0.137. The third kappa shape index (κ3) is 6.11. The van der Waals surface area contributed by atoms with Crippen molar-refractivity contribution in [3.63, 3.8) is 0 Å². The number of amides is 2. The zero-order valence-electron chi connectivity index (χ0n) is 15.1. The molecule has 1 aliphatic heterocycles. The fourth-order valence-corrected chi connectivity index (χ4v) is 4.23. The maximum absolute atomic E-state index is 12.5. The summed E-state index contributed by atoms with van der Waals surface area (Å²) in [4.78, 5) is 28.1. The summed E-state index contributed by atoms with van der Waals surface area (Å²) < 4.78 is 1.05. The van der Waals surface area contributed by atoms with Crippen molar-refractivity contribution >= 4 is 45.2 Å². The van der Waals surface area contributed by atoms with E-state index in [-0.39, 0.29) is 17.7 Å². The highest BCUT2D eigenvalue weighted by Gasteiger charge is 2.28. The second-order valence-corrected chi connectivity index (χ2v) is 8.67. The van der Waals surface area contributed by atoms with E-state index in [1.54, 1.807) is 11.8 Å². The summed E-state index contributed by atoms with van der Waals surface area (Å²) in [6.45, 7) is 1.26. The van der Waals surface area contributed by atoms with Crippen molar-refractivity contribution < 1.29 is 9.59 Å². The number of nitrogens with zero attached hydrogens (tertiary/aromatic N) is 1. The predicted molar refractivity (Wildman–Crippen MR) is 114 cm³/mol. The van der Waals surface area contributed by atoms with Gasteiger partial charge >= 0.3 is 0 Å². The number of benzene rings is 2. The Morgan fingerprint density at radius 1 is 1.11 bits per heavy atom. The van der Waals surface area contributed by atoms with Gasteiger partial charge in [-0.1, -0.05) is 34.1 Å². The molecule has 2 amide bonds. The average Bonchev–Trinajstić information content (AvgIpc) is 2.70. The number of nitrogens with one attached hydrogen (secondary N) is 1. The normalized spacial score (nSPS) is 16.8. The lowest BCUT2D eigenvalue weighted by Crippen LogP contribution is -2.43. The smallest absolute Gasteiger partial charge is 0.229 e. The van der Waals surface area contributed by atoms with Crippen molar-refractivity contribution in [1.82, 2.24) is 4.90 Å². The topological polar surface area (TPSA) is 49.4 Å². The van der Waals surface area contributed by atoms with Crippen LogP contribution in [-0.4, -0.2) is 35.6 Å². The van der Waals surface area contributed by atoms with E-state index in [9.17, 15) is 9.59 Å². The number of hydrogen-bond donors (Lipinski definition) is 1. The number of carbonyl (C=O) groups is 2. The largest absolute Gasteiger partial charge is 0.342 e. The molecule has 0 aliphatic carbocycles. The van der Waals surface area contributed by atoms with E-state index in [1.165, 1.54) is 0 Å². The highest BCUT2D eigenvalue weighted by atomic mass is 79.9. The lowest BCUT2D eigenvalue weighted by Gasteiger charge is -2.32. The first kappa shape index (κ1) is 20.0. The minimum absolute atomic E-state index is 0.00272. The molecular weight excluding hydrogens is 424 g/mol. The van der Waals surface area contributed by atoms with Gasteiger partial charge in [-0.2, -0.15) is 0 Å². The van der Waals surface area contributed by atoms with Gasteiger partial charge in [-0.25, -0.2) is 0 Å². The molecule has 0 radical (unpaired) electrons. The molecule has 1 fully saturated rings. The first-order chi connectivity index (χ1) is 13.1. The Labute approximate surface area is 172 Å². The molecule has 3 rings (SSSR count). The summed E-state index contributed by atoms with van der Waals surface area (Å²) in [5.74, 6) is 0.750. The molecule has 4 nitrogen and oxygen atoms in total. The molecule has 2 aromatic carbocycles. The first-order valence-electron chi connectivity index (χ1n) is 9.14. The Balaban J connectivity index is 1.46. The van der Waals surface area contributed by atoms with Crippen molar-refractivity contribution in [1.29, 1.82) is 0 Å². The van der Waals surface area contributed by atoms with E-state index in [1.807, 2.05) is 59.5 Å². The van der Waals surface area contributed by atoms with Gasteiger partial charge in [-0.05, 0) is 49.2 Å². The standard InChI is InChI=1S/C21H23BrN2O2S/c22-17-8-10-19(11-9-17)27-14-12-20(25)24-13-4-5-16(15-24)21(26)23-18-6-2-1-3-7-18/h1-3,6-11,16H,4-5,12-15H2,(H,23,26). The van der Waals surface area contributed by atoms with Crippen molar-refractivity contribution in [2.75, 3.05) is 24.2 Å². The molecule has 0 saturated carbocycles. The molecule has 1 aliphatic rings. The number of piperidine rings is 1. The summed E-state index contributed by atoms with van der Waals surface area (Å²) in [5, 5.41) is 2.96. The number of carbonyl (C=O) groups excluding carboxylic acids is 2. The molecule has 1 atom stereocenters. The molecule has 27 heavy (non-hydrogen) atoms. The van der Waals surface area contributed by atoms with E-state index >= 15 is 0 Å². The van der Waals surface area contributed by atoms with Crippen LogP contribution < -0.4 is 5.32 Å². The van der Waals surface area contributed by atoms with Crippen molar-refractivity contribution in [3.05, 3.63) is 59.1 Å². The van der Waals surface area contributed by atoms with Gasteiger partial charge in [0.1, 0.15) is 0 Å². The minimum Gasteiger partial charge on any atom is -0.342 e. The Morgan fingerprint density at radius 3 is 2.59 bits per heavy atom. The van der Waals surface area contributed by atoms with Crippen LogP contribution in [0.15, 0.2) is 64.0 Å². The van der Waals surface area contributed by atoms with E-state index in [0.29, 0.717) is 13.0 Å². The van der Waals surface area contributed by atoms with Crippen molar-refractivity contribution in [3.8, 4) is 0 Å². The van der Waals surface area contributed by atoms with E-state index in [2.05, 4.69) is 21.2 Å². The van der Waals surface area contributed by atoms with Gasteiger partial charge in [0, 0.05) is 40.3 Å². The fourth-order valence-electron chi connectivity index (χ4n) is 3.13. The molecule has 6 heteroatoms. The second-order valence-electron chi connectivity index (χ2n) is 6.59. The molecule has 0 bridgehead atoms. The van der Waals surface area contributed by atoms with Crippen LogP contribution in [0.1, 0.15) is 19.3 Å². The van der Waals surface area contributed by atoms with Gasteiger partial charge in [0.2, 0.25) is 11.8 Å². The Bertz CT molecular complexity index is 768. The van der Waals surface area contributed by atoms with Gasteiger partial charge in [0.25, 0.3) is 0 Å². The molecule has 1 heterocycles. The zero-order valence-corrected chi connectivity index (χ0v) is 17.5. The molecule has 142 valence electrons. The maximum atomic E-state index is 12.5. The van der Waals surface area contributed by atoms with Crippen LogP contribution >= 0.6 is 27.7 Å². The number of hydrogen-bond acceptors (Lipinski definition) is 3. The van der Waals surface area contributed by atoms with Gasteiger partial charge in [0.05, 0.1) is 5.92 Å². The monoisotopic (exact) mass is 446 g/mol. The Morgan fingerprint density at radius 2 is 1.85 bits per heavy atom. The van der Waals surface area contributed by atoms with E-state index in [4.69, 9.17) is 0 Å². The summed E-state index contributed by atoms with van der Waals surface area (Å²) >= 11 is 5.11. The average molecular weight is 447 g/mol. The fraction of sp³-hybridized carbons (Fsp3) is 0.333. The summed E-state index contributed by atoms with van der Waals surface area (Å²) in [5.41, 5.74) is 0.803. The zero-order chi connectivity index (χ0) is 19.1. The maximum Gasteiger partial charge on any atom is 0.229 e. The van der Waals surface area contributed by atoms with E-state index in [0.717, 1.165) is 40.2 Å². The predicted octanol–water partition coefficient (Wildman–Crippen LogP) is 4.81. The number of thioether (sulfide) groups is 1. The van der Waals surface area contributed by atoms with Crippen LogP contribution in [-0.2, 0) is 9.59 Å². The van der Waals surface area contributed by atoms with Crippen LogP contribution in [0.25, 0.3) is 0 Å². The van der Waals surface area contributed by atoms with E-state index < -0.39 is 0 Å². The van der Waals surface area contributed by atoms with Crippen molar-refractivity contribution in [2.24, 2.45) is 5.92 Å². The molecule has 0 spiro atoms. The number of rotatable bonds is 6. The third-order valence-electron chi connectivity index (χ3n) is 4.58. The molecular formula is C21H23BrN2O2S. The Kier molecular flexibility index (Phi) is 7.35. The first-order valence-corrected chi connectivity index (χ1v) is 10.9. The number of anilines is 1. The molecule has 1 saturated heterocycles. The van der Waals surface area contributed by atoms with Crippen LogP contribution in [0.3, 0.4) is 0 Å². The lowest BCUT2D eigenvalue weighted by molar-refractivity contribution is -0.134.